The van der Waals surface area contributed by atoms with E-state index in [4.69, 9.17) is 14.6 Å². The van der Waals surface area contributed by atoms with Gasteiger partial charge >= 0.3 is 5.97 Å². The van der Waals surface area contributed by atoms with Crippen molar-refractivity contribution in [2.75, 3.05) is 32.9 Å². The number of ether oxygens (including phenoxy) is 2. The Kier molecular flexibility index (Phi) is 8.81. The summed E-state index contributed by atoms with van der Waals surface area (Å²) in [7, 11) is 0. The summed E-state index contributed by atoms with van der Waals surface area (Å²) in [6, 6.07) is -0.242. The van der Waals surface area contributed by atoms with E-state index < -0.39 is 5.60 Å². The third-order valence-electron chi connectivity index (χ3n) is 3.12. The fourth-order valence-corrected chi connectivity index (χ4v) is 2.14. The standard InChI is InChI=1S/C17H30N2O5/c1-17(2,3)24-16(22)5-4-6-18-7-8-23-15-9-13(11-20)19-14(10-15)12-21/h9-10,13,18-21H,4-8,11-12H2,1-3H3. The highest BCUT2D eigenvalue weighted by molar-refractivity contribution is 5.69. The second kappa shape index (κ2) is 10.3. The van der Waals surface area contributed by atoms with Crippen LogP contribution in [0.2, 0.25) is 0 Å². The van der Waals surface area contributed by atoms with Gasteiger partial charge in [-0.2, -0.15) is 0 Å². The first-order valence-corrected chi connectivity index (χ1v) is 8.30. The van der Waals surface area contributed by atoms with E-state index in [1.54, 1.807) is 12.2 Å². The Balaban J connectivity index is 2.13. The molecule has 4 N–H and O–H groups in total. The van der Waals surface area contributed by atoms with Crippen molar-refractivity contribution in [2.45, 2.75) is 45.3 Å². The fraction of sp³-hybridized carbons (Fsp3) is 0.706. The molecule has 1 aliphatic rings. The van der Waals surface area contributed by atoms with E-state index in [-0.39, 0.29) is 25.2 Å². The van der Waals surface area contributed by atoms with Crippen molar-refractivity contribution in [3.63, 3.8) is 0 Å². The number of allylic oxidation sites excluding steroid dienone is 1. The molecule has 0 saturated carbocycles. The number of hydrogen-bond acceptors (Lipinski definition) is 7. The lowest BCUT2D eigenvalue weighted by atomic mass is 10.1. The van der Waals surface area contributed by atoms with Crippen molar-refractivity contribution in [3.8, 4) is 0 Å². The molecular formula is C17H30N2O5. The van der Waals surface area contributed by atoms with Crippen LogP contribution in [0.1, 0.15) is 33.6 Å². The molecule has 0 aromatic rings. The van der Waals surface area contributed by atoms with E-state index in [1.807, 2.05) is 20.8 Å². The van der Waals surface area contributed by atoms with Crippen LogP contribution >= 0.6 is 0 Å². The lowest BCUT2D eigenvalue weighted by Crippen LogP contribution is -2.34. The molecule has 24 heavy (non-hydrogen) atoms. The summed E-state index contributed by atoms with van der Waals surface area (Å²) >= 11 is 0. The smallest absolute Gasteiger partial charge is 0.306 e. The number of rotatable bonds is 10. The topological polar surface area (TPSA) is 100 Å². The van der Waals surface area contributed by atoms with Crippen LogP contribution in [0.25, 0.3) is 0 Å². The monoisotopic (exact) mass is 342 g/mol. The van der Waals surface area contributed by atoms with Gasteiger partial charge in [0.2, 0.25) is 0 Å². The molecule has 1 heterocycles. The molecule has 7 heteroatoms. The molecule has 0 spiro atoms. The van der Waals surface area contributed by atoms with E-state index in [2.05, 4.69) is 10.6 Å². The molecule has 0 aromatic heterocycles. The molecule has 1 unspecified atom stereocenters. The van der Waals surface area contributed by atoms with Crippen LogP contribution < -0.4 is 10.6 Å². The molecule has 0 fully saturated rings. The van der Waals surface area contributed by atoms with E-state index in [0.717, 1.165) is 0 Å². The molecule has 138 valence electrons. The van der Waals surface area contributed by atoms with Gasteiger partial charge in [-0.15, -0.1) is 0 Å². The summed E-state index contributed by atoms with van der Waals surface area (Å²) in [5.74, 6) is 0.449. The van der Waals surface area contributed by atoms with Gasteiger partial charge in [0.15, 0.2) is 0 Å². The quantitative estimate of drug-likeness (QED) is 0.338. The molecule has 1 aliphatic heterocycles. The van der Waals surface area contributed by atoms with Crippen molar-refractivity contribution in [2.24, 2.45) is 0 Å². The van der Waals surface area contributed by atoms with Gasteiger partial charge in [-0.25, -0.2) is 0 Å². The minimum atomic E-state index is -0.436. The van der Waals surface area contributed by atoms with Crippen molar-refractivity contribution in [1.29, 1.82) is 0 Å². The highest BCUT2D eigenvalue weighted by Crippen LogP contribution is 2.11. The van der Waals surface area contributed by atoms with Gasteiger partial charge in [0.1, 0.15) is 18.0 Å². The van der Waals surface area contributed by atoms with Crippen LogP contribution in [-0.4, -0.2) is 60.7 Å². The molecular weight excluding hydrogens is 312 g/mol. The van der Waals surface area contributed by atoms with Gasteiger partial charge in [-0.05, 0) is 39.8 Å². The first kappa shape index (κ1) is 20.5. The van der Waals surface area contributed by atoms with Crippen molar-refractivity contribution in [1.82, 2.24) is 10.6 Å². The van der Waals surface area contributed by atoms with Gasteiger partial charge in [0, 0.05) is 24.7 Å². The average Bonchev–Trinajstić information content (AvgIpc) is 2.51. The third-order valence-corrected chi connectivity index (χ3v) is 3.12. The number of nitrogens with one attached hydrogen (secondary N) is 2. The van der Waals surface area contributed by atoms with E-state index >= 15 is 0 Å². The molecule has 0 aliphatic carbocycles. The highest BCUT2D eigenvalue weighted by atomic mass is 16.6. The lowest BCUT2D eigenvalue weighted by molar-refractivity contribution is -0.154. The van der Waals surface area contributed by atoms with Crippen LogP contribution in [-0.2, 0) is 14.3 Å². The molecule has 0 bridgehead atoms. The minimum absolute atomic E-state index is 0.0624. The fourth-order valence-electron chi connectivity index (χ4n) is 2.14. The SMILES string of the molecule is CC(C)(C)OC(=O)CCCNCCOC1=CC(CO)NC(CO)=C1. The Morgan fingerprint density at radius 2 is 2.08 bits per heavy atom. The van der Waals surface area contributed by atoms with E-state index in [0.29, 0.717) is 44.0 Å². The van der Waals surface area contributed by atoms with E-state index in [1.165, 1.54) is 0 Å². The summed E-state index contributed by atoms with van der Waals surface area (Å²) in [6.45, 7) is 7.19. The predicted molar refractivity (Wildman–Crippen MR) is 91.2 cm³/mol. The minimum Gasteiger partial charge on any atom is -0.492 e. The molecule has 1 rings (SSSR count). The van der Waals surface area contributed by atoms with Gasteiger partial charge in [-0.3, -0.25) is 4.79 Å². The number of aliphatic hydroxyl groups is 2. The lowest BCUT2D eigenvalue weighted by Gasteiger charge is -2.22. The number of aliphatic hydroxyl groups excluding tert-OH is 2. The maximum atomic E-state index is 11.5. The van der Waals surface area contributed by atoms with Crippen LogP contribution in [0.15, 0.2) is 23.6 Å². The predicted octanol–water partition coefficient (Wildman–Crippen LogP) is 0.439. The highest BCUT2D eigenvalue weighted by Gasteiger charge is 2.15. The van der Waals surface area contributed by atoms with Gasteiger partial charge < -0.3 is 30.3 Å². The Hall–Kier alpha value is -1.57. The second-order valence-corrected chi connectivity index (χ2v) is 6.62. The van der Waals surface area contributed by atoms with Crippen molar-refractivity contribution >= 4 is 5.97 Å². The van der Waals surface area contributed by atoms with Crippen LogP contribution in [0, 0.1) is 0 Å². The van der Waals surface area contributed by atoms with Crippen molar-refractivity contribution in [3.05, 3.63) is 23.6 Å². The largest absolute Gasteiger partial charge is 0.492 e. The van der Waals surface area contributed by atoms with Gasteiger partial charge in [0.05, 0.1) is 19.3 Å². The summed E-state index contributed by atoms with van der Waals surface area (Å²) in [6.07, 6.45) is 4.60. The van der Waals surface area contributed by atoms with Crippen LogP contribution in [0.3, 0.4) is 0 Å². The summed E-state index contributed by atoms with van der Waals surface area (Å²) in [5, 5.41) is 24.5. The number of hydrogen-bond donors (Lipinski definition) is 4. The van der Waals surface area contributed by atoms with E-state index in [9.17, 15) is 9.90 Å². The normalized spacial score (nSPS) is 17.6. The van der Waals surface area contributed by atoms with Gasteiger partial charge in [0.25, 0.3) is 0 Å². The summed E-state index contributed by atoms with van der Waals surface area (Å²) in [4.78, 5) is 11.5. The van der Waals surface area contributed by atoms with Gasteiger partial charge in [-0.1, -0.05) is 0 Å². The Morgan fingerprint density at radius 3 is 2.71 bits per heavy atom. The Morgan fingerprint density at radius 1 is 1.33 bits per heavy atom. The summed E-state index contributed by atoms with van der Waals surface area (Å²) < 4.78 is 10.8. The molecule has 1 atom stereocenters. The molecule has 0 aromatic carbocycles. The number of dihydropyridines is 1. The first-order chi connectivity index (χ1) is 11.3. The van der Waals surface area contributed by atoms with Crippen molar-refractivity contribution < 1.29 is 24.5 Å². The third kappa shape index (κ3) is 8.90. The van der Waals surface area contributed by atoms with Crippen LogP contribution in [0.4, 0.5) is 0 Å². The Bertz CT molecular complexity index is 454. The molecule has 0 saturated heterocycles. The zero-order valence-electron chi connectivity index (χ0n) is 14.8. The first-order valence-electron chi connectivity index (χ1n) is 8.30. The van der Waals surface area contributed by atoms with Crippen LogP contribution in [0.5, 0.6) is 0 Å². The maximum Gasteiger partial charge on any atom is 0.306 e. The summed E-state index contributed by atoms with van der Waals surface area (Å²) in [5.41, 5.74) is 0.186. The maximum absolute atomic E-state index is 11.5. The molecule has 0 amide bonds. The Labute approximate surface area is 143 Å². The molecule has 7 nitrogen and oxygen atoms in total. The second-order valence-electron chi connectivity index (χ2n) is 6.62. The number of carbonyl (C=O) groups excluding carboxylic acids is 1. The number of esters is 1. The number of carbonyl (C=O) groups is 1. The molecule has 0 radical (unpaired) electrons. The zero-order valence-corrected chi connectivity index (χ0v) is 14.8. The zero-order chi connectivity index (χ0) is 18.0. The average molecular weight is 342 g/mol.